The minimum absolute atomic E-state index is 0.0324. The van der Waals surface area contributed by atoms with Crippen LogP contribution in [0.3, 0.4) is 0 Å². The summed E-state index contributed by atoms with van der Waals surface area (Å²) in [6.07, 6.45) is 5.26. The Labute approximate surface area is 158 Å². The molecule has 0 aromatic carbocycles. The highest BCUT2D eigenvalue weighted by Gasteiger charge is 2.25. The maximum Gasteiger partial charge on any atom is 0.287 e. The number of nitrogens with one attached hydrogen (secondary N) is 2. The standard InChI is InChI=1S/C18H26N6O3/c1-3-19-18(21-7-6-20-17(25)15-5-4-9-26-15)24-8-10-27-16(13-24)14-11-22-23(2)12-14/h4-5,9,11-12,16H,3,6-8,10,13H2,1-2H3,(H,19,21)(H,20,25). The summed E-state index contributed by atoms with van der Waals surface area (Å²) in [7, 11) is 1.90. The van der Waals surface area contributed by atoms with E-state index >= 15 is 0 Å². The molecule has 1 fully saturated rings. The van der Waals surface area contributed by atoms with Crippen LogP contribution in [0.1, 0.15) is 29.1 Å². The molecule has 1 saturated heterocycles. The van der Waals surface area contributed by atoms with Crippen molar-refractivity contribution in [1.29, 1.82) is 0 Å². The lowest BCUT2D eigenvalue weighted by atomic mass is 10.1. The fourth-order valence-corrected chi connectivity index (χ4v) is 2.90. The fourth-order valence-electron chi connectivity index (χ4n) is 2.90. The quantitative estimate of drug-likeness (QED) is 0.441. The fraction of sp³-hybridized carbons (Fsp3) is 0.500. The van der Waals surface area contributed by atoms with Crippen molar-refractivity contribution >= 4 is 11.9 Å². The van der Waals surface area contributed by atoms with Crippen LogP contribution in [0.15, 0.2) is 40.2 Å². The molecular weight excluding hydrogens is 348 g/mol. The van der Waals surface area contributed by atoms with Crippen LogP contribution in [0.4, 0.5) is 0 Å². The monoisotopic (exact) mass is 374 g/mol. The average molecular weight is 374 g/mol. The number of rotatable bonds is 6. The van der Waals surface area contributed by atoms with E-state index in [1.807, 2.05) is 26.4 Å². The molecule has 1 aliphatic rings. The Balaban J connectivity index is 1.55. The predicted octanol–water partition coefficient (Wildman–Crippen LogP) is 0.782. The van der Waals surface area contributed by atoms with Gasteiger partial charge in [-0.2, -0.15) is 5.10 Å². The molecule has 9 heteroatoms. The number of nitrogens with zero attached hydrogens (tertiary/aromatic N) is 4. The molecule has 2 aromatic rings. The number of hydrogen-bond acceptors (Lipinski definition) is 5. The highest BCUT2D eigenvalue weighted by atomic mass is 16.5. The maximum atomic E-state index is 11.9. The number of carbonyl (C=O) groups excluding carboxylic acids is 1. The second-order valence-electron chi connectivity index (χ2n) is 6.22. The molecule has 3 heterocycles. The molecule has 9 nitrogen and oxygen atoms in total. The normalized spacial score (nSPS) is 17.8. The van der Waals surface area contributed by atoms with Gasteiger partial charge in [-0.25, -0.2) is 0 Å². The van der Waals surface area contributed by atoms with E-state index in [2.05, 4.69) is 25.6 Å². The molecule has 1 unspecified atom stereocenters. The van der Waals surface area contributed by atoms with E-state index in [1.54, 1.807) is 16.8 Å². The van der Waals surface area contributed by atoms with Gasteiger partial charge in [-0.15, -0.1) is 0 Å². The number of amides is 1. The summed E-state index contributed by atoms with van der Waals surface area (Å²) >= 11 is 0. The van der Waals surface area contributed by atoms with Gasteiger partial charge in [0.15, 0.2) is 11.7 Å². The lowest BCUT2D eigenvalue weighted by Crippen LogP contribution is -2.48. The summed E-state index contributed by atoms with van der Waals surface area (Å²) in [5, 5.41) is 10.3. The van der Waals surface area contributed by atoms with Gasteiger partial charge < -0.3 is 24.7 Å². The highest BCUT2D eigenvalue weighted by molar-refractivity contribution is 5.91. The zero-order valence-electron chi connectivity index (χ0n) is 15.7. The Bertz CT molecular complexity index is 755. The first-order valence-electron chi connectivity index (χ1n) is 9.12. The Hall–Kier alpha value is -2.81. The largest absolute Gasteiger partial charge is 0.459 e. The molecule has 0 radical (unpaired) electrons. The summed E-state index contributed by atoms with van der Waals surface area (Å²) in [4.78, 5) is 18.7. The molecule has 0 bridgehead atoms. The molecule has 0 spiro atoms. The van der Waals surface area contributed by atoms with Crippen molar-refractivity contribution in [2.24, 2.45) is 12.0 Å². The highest BCUT2D eigenvalue weighted by Crippen LogP contribution is 2.21. The van der Waals surface area contributed by atoms with E-state index in [1.165, 1.54) is 6.26 Å². The molecule has 3 rings (SSSR count). The number of guanidine groups is 1. The average Bonchev–Trinajstić information content (AvgIpc) is 3.36. The number of ether oxygens (including phenoxy) is 1. The Kier molecular flexibility index (Phi) is 6.48. The third-order valence-electron chi connectivity index (χ3n) is 4.20. The molecule has 146 valence electrons. The smallest absolute Gasteiger partial charge is 0.287 e. The van der Waals surface area contributed by atoms with E-state index in [9.17, 15) is 4.79 Å². The van der Waals surface area contributed by atoms with Crippen molar-refractivity contribution in [3.63, 3.8) is 0 Å². The number of aromatic nitrogens is 2. The van der Waals surface area contributed by atoms with Crippen LogP contribution in [0.25, 0.3) is 0 Å². The van der Waals surface area contributed by atoms with Gasteiger partial charge in [0.2, 0.25) is 0 Å². The van der Waals surface area contributed by atoms with Gasteiger partial charge in [0.25, 0.3) is 5.91 Å². The SMILES string of the molecule is CCNC(=NCCNC(=O)c1ccco1)N1CCOC(c2cnn(C)c2)C1. The summed E-state index contributed by atoms with van der Waals surface area (Å²) in [6.45, 7) is 5.81. The molecule has 1 atom stereocenters. The van der Waals surface area contributed by atoms with Crippen molar-refractivity contribution in [3.8, 4) is 0 Å². The Morgan fingerprint density at radius 1 is 1.44 bits per heavy atom. The van der Waals surface area contributed by atoms with E-state index in [0.717, 1.165) is 24.6 Å². The number of morpholine rings is 1. The molecule has 2 aromatic heterocycles. The second-order valence-corrected chi connectivity index (χ2v) is 6.22. The van der Waals surface area contributed by atoms with E-state index < -0.39 is 0 Å². The van der Waals surface area contributed by atoms with Gasteiger partial charge in [-0.3, -0.25) is 14.5 Å². The number of aryl methyl sites for hydroxylation is 1. The zero-order valence-corrected chi connectivity index (χ0v) is 15.7. The van der Waals surface area contributed by atoms with Gasteiger partial charge in [0.1, 0.15) is 6.10 Å². The summed E-state index contributed by atoms with van der Waals surface area (Å²) in [5.41, 5.74) is 1.06. The first-order valence-corrected chi connectivity index (χ1v) is 9.12. The predicted molar refractivity (Wildman–Crippen MR) is 100 cm³/mol. The van der Waals surface area contributed by atoms with Crippen LogP contribution >= 0.6 is 0 Å². The third-order valence-corrected chi connectivity index (χ3v) is 4.20. The second kappa shape index (κ2) is 9.22. The number of carbonyl (C=O) groups is 1. The lowest BCUT2D eigenvalue weighted by Gasteiger charge is -2.34. The van der Waals surface area contributed by atoms with Crippen molar-refractivity contribution in [3.05, 3.63) is 42.1 Å². The molecule has 1 aliphatic heterocycles. The molecule has 0 aliphatic carbocycles. The molecule has 1 amide bonds. The molecular formula is C18H26N6O3. The minimum atomic E-state index is -0.233. The zero-order chi connectivity index (χ0) is 19.1. The molecule has 2 N–H and O–H groups in total. The van der Waals surface area contributed by atoms with Crippen molar-refractivity contribution in [2.75, 3.05) is 39.3 Å². The van der Waals surface area contributed by atoms with Crippen molar-refractivity contribution < 1.29 is 13.9 Å². The number of hydrogen-bond donors (Lipinski definition) is 2. The molecule has 27 heavy (non-hydrogen) atoms. The van der Waals surface area contributed by atoms with Crippen LogP contribution < -0.4 is 10.6 Å². The Morgan fingerprint density at radius 2 is 2.33 bits per heavy atom. The third kappa shape index (κ3) is 5.10. The number of aliphatic imine (C=N–C) groups is 1. The summed E-state index contributed by atoms with van der Waals surface area (Å²) in [5.74, 6) is 0.892. The van der Waals surface area contributed by atoms with Gasteiger partial charge >= 0.3 is 0 Å². The van der Waals surface area contributed by atoms with Gasteiger partial charge in [0, 0.05) is 38.4 Å². The lowest BCUT2D eigenvalue weighted by molar-refractivity contribution is -0.00803. The minimum Gasteiger partial charge on any atom is -0.459 e. The van der Waals surface area contributed by atoms with Crippen LogP contribution in [0.2, 0.25) is 0 Å². The van der Waals surface area contributed by atoms with Crippen LogP contribution in [0.5, 0.6) is 0 Å². The van der Waals surface area contributed by atoms with Crippen LogP contribution in [-0.4, -0.2) is 65.9 Å². The van der Waals surface area contributed by atoms with E-state index in [-0.39, 0.29) is 12.0 Å². The Morgan fingerprint density at radius 3 is 3.04 bits per heavy atom. The first-order chi connectivity index (χ1) is 13.2. The van der Waals surface area contributed by atoms with Crippen molar-refractivity contribution in [2.45, 2.75) is 13.0 Å². The maximum absolute atomic E-state index is 11.9. The van der Waals surface area contributed by atoms with Gasteiger partial charge in [-0.05, 0) is 19.1 Å². The molecule has 0 saturated carbocycles. The summed E-state index contributed by atoms with van der Waals surface area (Å²) in [6, 6.07) is 3.32. The van der Waals surface area contributed by atoms with E-state index in [0.29, 0.717) is 32.0 Å². The van der Waals surface area contributed by atoms with Gasteiger partial charge in [-0.1, -0.05) is 0 Å². The first kappa shape index (κ1) is 19.0. The van der Waals surface area contributed by atoms with Gasteiger partial charge in [0.05, 0.1) is 32.2 Å². The van der Waals surface area contributed by atoms with Crippen molar-refractivity contribution in [1.82, 2.24) is 25.3 Å². The van der Waals surface area contributed by atoms with Crippen LogP contribution in [-0.2, 0) is 11.8 Å². The topological polar surface area (TPSA) is 96.9 Å². The van der Waals surface area contributed by atoms with Crippen LogP contribution in [0, 0.1) is 0 Å². The number of furan rings is 1. The van der Waals surface area contributed by atoms with E-state index in [4.69, 9.17) is 9.15 Å². The summed E-state index contributed by atoms with van der Waals surface area (Å²) < 4.78 is 12.7.